The molecule has 0 amide bonds. The first kappa shape index (κ1) is 13.2. The number of nitrogens with one attached hydrogen (secondary N) is 1. The third kappa shape index (κ3) is 3.63. The Kier molecular flexibility index (Phi) is 4.65. The molecule has 0 fully saturated rings. The highest BCUT2D eigenvalue weighted by Crippen LogP contribution is 2.16. The molecule has 0 radical (unpaired) electrons. The summed E-state index contributed by atoms with van der Waals surface area (Å²) in [7, 11) is 0. The highest BCUT2D eigenvalue weighted by atomic mass is 15.5. The van der Waals surface area contributed by atoms with E-state index in [1.165, 1.54) is 5.56 Å². The molecular weight excluding hydrogens is 238 g/mol. The summed E-state index contributed by atoms with van der Waals surface area (Å²) in [5.74, 6) is 2.64. The minimum Gasteiger partial charge on any atom is -0.310 e. The van der Waals surface area contributed by atoms with E-state index in [1.807, 2.05) is 12.1 Å². The number of benzene rings is 1. The van der Waals surface area contributed by atoms with E-state index < -0.39 is 0 Å². The summed E-state index contributed by atoms with van der Waals surface area (Å²) < 4.78 is 1.65. The van der Waals surface area contributed by atoms with Crippen LogP contribution in [0.15, 0.2) is 30.6 Å². The van der Waals surface area contributed by atoms with Gasteiger partial charge in [-0.05, 0) is 48.0 Å². The number of aromatic nitrogens is 4. The number of unbranched alkanes of at least 4 members (excludes halogenated alkanes) is 1. The van der Waals surface area contributed by atoms with E-state index in [0.29, 0.717) is 0 Å². The fourth-order valence-electron chi connectivity index (χ4n) is 1.84. The predicted molar refractivity (Wildman–Crippen MR) is 73.6 cm³/mol. The van der Waals surface area contributed by atoms with Crippen LogP contribution in [0, 0.1) is 12.3 Å². The average Bonchev–Trinajstić information content (AvgIpc) is 2.98. The third-order valence-corrected chi connectivity index (χ3v) is 2.93. The van der Waals surface area contributed by atoms with Crippen molar-refractivity contribution in [3.8, 4) is 18.0 Å². The van der Waals surface area contributed by atoms with Crippen LogP contribution in [-0.2, 0) is 0 Å². The Morgan fingerprint density at radius 3 is 3.11 bits per heavy atom. The van der Waals surface area contributed by atoms with E-state index in [2.05, 4.69) is 45.8 Å². The second-order valence-corrected chi connectivity index (χ2v) is 4.33. The van der Waals surface area contributed by atoms with E-state index in [0.717, 1.165) is 25.1 Å². The molecule has 1 unspecified atom stereocenters. The van der Waals surface area contributed by atoms with Crippen molar-refractivity contribution in [2.45, 2.75) is 25.8 Å². The fourth-order valence-corrected chi connectivity index (χ4v) is 1.84. The van der Waals surface area contributed by atoms with Crippen LogP contribution in [0.5, 0.6) is 0 Å². The van der Waals surface area contributed by atoms with Crippen LogP contribution in [0.2, 0.25) is 0 Å². The first-order valence-corrected chi connectivity index (χ1v) is 6.31. The van der Waals surface area contributed by atoms with Crippen molar-refractivity contribution in [2.75, 3.05) is 6.54 Å². The van der Waals surface area contributed by atoms with Gasteiger partial charge in [0, 0.05) is 12.5 Å². The summed E-state index contributed by atoms with van der Waals surface area (Å²) in [5, 5.41) is 14.6. The fraction of sp³-hybridized carbons (Fsp3) is 0.357. The Labute approximate surface area is 113 Å². The maximum Gasteiger partial charge on any atom is 0.143 e. The zero-order chi connectivity index (χ0) is 13.5. The standard InChI is InChI=1S/C14H17N5/c1-3-4-5-9-15-12(2)13-7-6-8-14(10-13)19-11-16-17-18-19/h1,6-8,10-12,15H,4-5,9H2,2H3. The number of terminal acetylenes is 1. The van der Waals surface area contributed by atoms with Crippen molar-refractivity contribution < 1.29 is 0 Å². The monoisotopic (exact) mass is 255 g/mol. The van der Waals surface area contributed by atoms with Crippen molar-refractivity contribution in [3.05, 3.63) is 36.2 Å². The molecule has 1 aromatic heterocycles. The minimum atomic E-state index is 0.272. The van der Waals surface area contributed by atoms with Gasteiger partial charge in [0.2, 0.25) is 0 Å². The first-order valence-electron chi connectivity index (χ1n) is 6.31. The van der Waals surface area contributed by atoms with Gasteiger partial charge < -0.3 is 5.32 Å². The van der Waals surface area contributed by atoms with E-state index in [1.54, 1.807) is 11.0 Å². The van der Waals surface area contributed by atoms with Crippen LogP contribution >= 0.6 is 0 Å². The van der Waals surface area contributed by atoms with Gasteiger partial charge in [-0.25, -0.2) is 4.68 Å². The number of hydrogen-bond donors (Lipinski definition) is 1. The summed E-state index contributed by atoms with van der Waals surface area (Å²) in [6, 6.07) is 8.42. The molecule has 0 bridgehead atoms. The maximum atomic E-state index is 5.23. The molecule has 0 aliphatic carbocycles. The Bertz CT molecular complexity index is 541. The number of rotatable bonds is 6. The van der Waals surface area contributed by atoms with E-state index in [4.69, 9.17) is 6.42 Å². The molecule has 1 atom stereocenters. The van der Waals surface area contributed by atoms with Gasteiger partial charge in [-0.2, -0.15) is 0 Å². The molecule has 0 saturated heterocycles. The van der Waals surface area contributed by atoms with Gasteiger partial charge in [0.1, 0.15) is 6.33 Å². The van der Waals surface area contributed by atoms with Gasteiger partial charge in [-0.15, -0.1) is 17.4 Å². The Morgan fingerprint density at radius 1 is 1.47 bits per heavy atom. The highest BCUT2D eigenvalue weighted by molar-refractivity contribution is 5.35. The minimum absolute atomic E-state index is 0.272. The molecule has 19 heavy (non-hydrogen) atoms. The van der Waals surface area contributed by atoms with Crippen LogP contribution in [0.4, 0.5) is 0 Å². The average molecular weight is 255 g/mol. The lowest BCUT2D eigenvalue weighted by molar-refractivity contribution is 0.562. The normalized spacial score (nSPS) is 12.0. The van der Waals surface area contributed by atoms with Crippen molar-refractivity contribution in [1.82, 2.24) is 25.5 Å². The molecule has 0 spiro atoms. The van der Waals surface area contributed by atoms with Gasteiger partial charge in [-0.3, -0.25) is 0 Å². The molecule has 0 aliphatic heterocycles. The van der Waals surface area contributed by atoms with Crippen LogP contribution in [0.1, 0.15) is 31.4 Å². The summed E-state index contributed by atoms with van der Waals surface area (Å²) >= 11 is 0. The molecule has 5 heteroatoms. The molecule has 2 rings (SSSR count). The molecule has 0 saturated carbocycles. The van der Waals surface area contributed by atoms with E-state index >= 15 is 0 Å². The van der Waals surface area contributed by atoms with Gasteiger partial charge in [0.15, 0.2) is 0 Å². The Hall–Kier alpha value is -2.19. The largest absolute Gasteiger partial charge is 0.310 e. The van der Waals surface area contributed by atoms with Crippen molar-refractivity contribution >= 4 is 0 Å². The molecule has 2 aromatic rings. The van der Waals surface area contributed by atoms with Crippen LogP contribution < -0.4 is 5.32 Å². The molecule has 1 aromatic carbocycles. The lowest BCUT2D eigenvalue weighted by atomic mass is 10.1. The van der Waals surface area contributed by atoms with Crippen LogP contribution in [0.25, 0.3) is 5.69 Å². The quantitative estimate of drug-likeness (QED) is 0.631. The molecule has 98 valence electrons. The molecule has 0 aliphatic rings. The maximum absolute atomic E-state index is 5.23. The summed E-state index contributed by atoms with van der Waals surface area (Å²) in [6.45, 7) is 3.05. The van der Waals surface area contributed by atoms with Crippen LogP contribution in [-0.4, -0.2) is 26.8 Å². The van der Waals surface area contributed by atoms with E-state index in [-0.39, 0.29) is 6.04 Å². The topological polar surface area (TPSA) is 55.6 Å². The van der Waals surface area contributed by atoms with Gasteiger partial charge in [-0.1, -0.05) is 12.1 Å². The second-order valence-electron chi connectivity index (χ2n) is 4.33. The Morgan fingerprint density at radius 2 is 2.37 bits per heavy atom. The van der Waals surface area contributed by atoms with Crippen molar-refractivity contribution in [3.63, 3.8) is 0 Å². The van der Waals surface area contributed by atoms with Crippen molar-refractivity contribution in [1.29, 1.82) is 0 Å². The summed E-state index contributed by atoms with van der Waals surface area (Å²) in [5.41, 5.74) is 2.16. The van der Waals surface area contributed by atoms with Gasteiger partial charge >= 0.3 is 0 Å². The lowest BCUT2D eigenvalue weighted by Gasteiger charge is -2.14. The molecular formula is C14H17N5. The van der Waals surface area contributed by atoms with Crippen molar-refractivity contribution in [2.24, 2.45) is 0 Å². The lowest BCUT2D eigenvalue weighted by Crippen LogP contribution is -2.19. The Balaban J connectivity index is 2.00. The van der Waals surface area contributed by atoms with Gasteiger partial charge in [0.25, 0.3) is 0 Å². The number of nitrogens with zero attached hydrogens (tertiary/aromatic N) is 4. The number of tetrazole rings is 1. The zero-order valence-corrected chi connectivity index (χ0v) is 11.0. The number of hydrogen-bond acceptors (Lipinski definition) is 4. The van der Waals surface area contributed by atoms with Crippen LogP contribution in [0.3, 0.4) is 0 Å². The first-order chi connectivity index (χ1) is 9.31. The van der Waals surface area contributed by atoms with E-state index in [9.17, 15) is 0 Å². The smallest absolute Gasteiger partial charge is 0.143 e. The molecule has 5 nitrogen and oxygen atoms in total. The SMILES string of the molecule is C#CCCCNC(C)c1cccc(-n2cnnn2)c1. The zero-order valence-electron chi connectivity index (χ0n) is 11.0. The van der Waals surface area contributed by atoms with Gasteiger partial charge in [0.05, 0.1) is 5.69 Å². The summed E-state index contributed by atoms with van der Waals surface area (Å²) in [4.78, 5) is 0. The summed E-state index contributed by atoms with van der Waals surface area (Å²) in [6.07, 6.45) is 8.62. The second kappa shape index (κ2) is 6.66. The molecule has 1 heterocycles. The highest BCUT2D eigenvalue weighted by Gasteiger charge is 2.06. The molecule has 1 N–H and O–H groups in total. The predicted octanol–water partition coefficient (Wildman–Crippen LogP) is 1.73. The third-order valence-electron chi connectivity index (χ3n) is 2.93.